The van der Waals surface area contributed by atoms with E-state index in [1.165, 1.54) is 6.08 Å². The predicted octanol–water partition coefficient (Wildman–Crippen LogP) is 1.22. The van der Waals surface area contributed by atoms with Crippen molar-refractivity contribution in [2.45, 2.75) is 19.9 Å². The van der Waals surface area contributed by atoms with Gasteiger partial charge in [0.25, 0.3) is 0 Å². The van der Waals surface area contributed by atoms with Crippen LogP contribution in [0.2, 0.25) is 0 Å². The van der Waals surface area contributed by atoms with Gasteiger partial charge in [0.1, 0.15) is 6.04 Å². The highest BCUT2D eigenvalue weighted by atomic mass is 16.2. The van der Waals surface area contributed by atoms with Crippen molar-refractivity contribution in [1.82, 2.24) is 4.90 Å². The fraction of sp³-hybridized carbons (Fsp3) is 0.500. The molecule has 14 heavy (non-hydrogen) atoms. The van der Waals surface area contributed by atoms with Gasteiger partial charge in [0.05, 0.1) is 6.07 Å². The van der Waals surface area contributed by atoms with Gasteiger partial charge in [0, 0.05) is 18.7 Å². The van der Waals surface area contributed by atoms with Crippen LogP contribution in [0.1, 0.15) is 13.8 Å². The molecule has 0 aromatic rings. The lowest BCUT2D eigenvalue weighted by molar-refractivity contribution is -0.127. The molecule has 74 valence electrons. The first-order valence-electron chi connectivity index (χ1n) is 4.37. The molecule has 0 unspecified atom stereocenters. The molecule has 1 amide bonds. The molecule has 0 N–H and O–H groups in total. The summed E-state index contributed by atoms with van der Waals surface area (Å²) in [6, 6.07) is 1.66. The third kappa shape index (κ3) is 3.73. The predicted molar refractivity (Wildman–Crippen MR) is 53.1 cm³/mol. The lowest BCUT2D eigenvalue weighted by Gasteiger charge is -2.22. The zero-order valence-corrected chi connectivity index (χ0v) is 8.40. The standard InChI is InChI=1S/C10H13N3O/c1-4-13(9(2)8-12-3)10(14)6-5-7-11/h5-6,9H,4,8H2,1-2H3/b6-5+/t9-/m1/s1. The molecular weight excluding hydrogens is 178 g/mol. The van der Waals surface area contributed by atoms with Crippen molar-refractivity contribution >= 4 is 5.91 Å². The van der Waals surface area contributed by atoms with Crippen LogP contribution in [0.4, 0.5) is 0 Å². The van der Waals surface area contributed by atoms with Gasteiger partial charge < -0.3 is 9.74 Å². The van der Waals surface area contributed by atoms with Crippen molar-refractivity contribution in [3.8, 4) is 6.07 Å². The maximum Gasteiger partial charge on any atom is 0.247 e. The van der Waals surface area contributed by atoms with Crippen LogP contribution in [0, 0.1) is 17.9 Å². The van der Waals surface area contributed by atoms with Crippen molar-refractivity contribution in [2.24, 2.45) is 0 Å². The molecule has 0 fully saturated rings. The van der Waals surface area contributed by atoms with E-state index in [0.717, 1.165) is 6.08 Å². The summed E-state index contributed by atoms with van der Waals surface area (Å²) >= 11 is 0. The summed E-state index contributed by atoms with van der Waals surface area (Å²) in [5.74, 6) is -0.217. The zero-order valence-electron chi connectivity index (χ0n) is 8.40. The lowest BCUT2D eigenvalue weighted by atomic mass is 10.2. The van der Waals surface area contributed by atoms with Gasteiger partial charge in [-0.2, -0.15) is 5.26 Å². The van der Waals surface area contributed by atoms with Gasteiger partial charge in [-0.25, -0.2) is 6.57 Å². The van der Waals surface area contributed by atoms with E-state index in [0.29, 0.717) is 13.1 Å². The summed E-state index contributed by atoms with van der Waals surface area (Å²) in [7, 11) is 0. The normalized spacial score (nSPS) is 11.7. The molecule has 4 nitrogen and oxygen atoms in total. The fourth-order valence-electron chi connectivity index (χ4n) is 1.12. The highest BCUT2D eigenvalue weighted by Crippen LogP contribution is 2.01. The van der Waals surface area contributed by atoms with E-state index in [4.69, 9.17) is 11.8 Å². The number of hydrogen-bond donors (Lipinski definition) is 0. The summed E-state index contributed by atoms with van der Waals surface area (Å²) in [6.45, 7) is 11.2. The number of carbonyl (C=O) groups is 1. The Morgan fingerprint density at radius 2 is 2.43 bits per heavy atom. The van der Waals surface area contributed by atoms with Crippen molar-refractivity contribution in [3.05, 3.63) is 23.6 Å². The Kier molecular flexibility index (Phi) is 5.82. The number of carbonyl (C=O) groups excluding carboxylic acids is 1. The molecule has 0 saturated heterocycles. The Hall–Kier alpha value is -1.81. The summed E-state index contributed by atoms with van der Waals surface area (Å²) in [4.78, 5) is 16.2. The number of rotatable bonds is 4. The second-order valence-corrected chi connectivity index (χ2v) is 2.78. The first kappa shape index (κ1) is 12.2. The smallest absolute Gasteiger partial charge is 0.247 e. The topological polar surface area (TPSA) is 48.5 Å². The first-order valence-corrected chi connectivity index (χ1v) is 4.37. The van der Waals surface area contributed by atoms with Gasteiger partial charge in [0.15, 0.2) is 0 Å². The van der Waals surface area contributed by atoms with Crippen molar-refractivity contribution in [1.29, 1.82) is 5.26 Å². The minimum Gasteiger partial charge on any atom is -0.329 e. The third-order valence-electron chi connectivity index (χ3n) is 1.81. The Labute approximate surface area is 84.3 Å². The number of hydrogen-bond acceptors (Lipinski definition) is 2. The zero-order chi connectivity index (χ0) is 11.0. The minimum absolute atomic E-state index is 0.103. The van der Waals surface area contributed by atoms with Crippen molar-refractivity contribution in [2.75, 3.05) is 13.1 Å². The van der Waals surface area contributed by atoms with Crippen LogP contribution in [0.5, 0.6) is 0 Å². The maximum absolute atomic E-state index is 11.4. The molecule has 0 heterocycles. The number of nitrogens with zero attached hydrogens (tertiary/aromatic N) is 3. The van der Waals surface area contributed by atoms with E-state index in [1.54, 1.807) is 11.0 Å². The Bertz CT molecular complexity index is 295. The number of allylic oxidation sites excluding steroid dienone is 1. The number of likely N-dealkylation sites (N-methyl/N-ethyl adjacent to an activating group) is 1. The second-order valence-electron chi connectivity index (χ2n) is 2.78. The van der Waals surface area contributed by atoms with Crippen LogP contribution in [0.15, 0.2) is 12.2 Å². The second kappa shape index (κ2) is 6.68. The van der Waals surface area contributed by atoms with Crippen LogP contribution >= 0.6 is 0 Å². The van der Waals surface area contributed by atoms with Crippen LogP contribution in [0.25, 0.3) is 4.85 Å². The number of nitriles is 1. The Morgan fingerprint density at radius 3 is 2.86 bits per heavy atom. The highest BCUT2D eigenvalue weighted by Gasteiger charge is 2.17. The lowest BCUT2D eigenvalue weighted by Crippen LogP contribution is -2.38. The van der Waals surface area contributed by atoms with Crippen LogP contribution in [0.3, 0.4) is 0 Å². The van der Waals surface area contributed by atoms with Crippen LogP contribution < -0.4 is 0 Å². The third-order valence-corrected chi connectivity index (χ3v) is 1.81. The van der Waals surface area contributed by atoms with Gasteiger partial charge in [0.2, 0.25) is 12.5 Å². The summed E-state index contributed by atoms with van der Waals surface area (Å²) in [5, 5.41) is 8.26. The van der Waals surface area contributed by atoms with Gasteiger partial charge in [-0.1, -0.05) is 0 Å². The molecule has 0 radical (unpaired) electrons. The molecule has 0 aliphatic rings. The Morgan fingerprint density at radius 1 is 1.79 bits per heavy atom. The molecule has 0 aliphatic heterocycles. The molecule has 1 atom stereocenters. The quantitative estimate of drug-likeness (QED) is 0.381. The van der Waals surface area contributed by atoms with E-state index in [1.807, 2.05) is 13.8 Å². The average molecular weight is 191 g/mol. The van der Waals surface area contributed by atoms with E-state index in [9.17, 15) is 4.79 Å². The molecular formula is C10H13N3O. The summed E-state index contributed by atoms with van der Waals surface area (Å²) in [6.07, 6.45) is 2.37. The molecule has 0 spiro atoms. The fourth-order valence-corrected chi connectivity index (χ4v) is 1.12. The Balaban J connectivity index is 4.42. The molecule has 4 heteroatoms. The van der Waals surface area contributed by atoms with Crippen molar-refractivity contribution < 1.29 is 4.79 Å². The van der Waals surface area contributed by atoms with E-state index in [-0.39, 0.29) is 11.9 Å². The monoisotopic (exact) mass is 191 g/mol. The molecule has 0 aliphatic carbocycles. The SMILES string of the molecule is [C-]#[N+]C[C@@H](C)N(CC)C(=O)/C=C/C#N. The minimum atomic E-state index is -0.217. The van der Waals surface area contributed by atoms with E-state index >= 15 is 0 Å². The largest absolute Gasteiger partial charge is 0.329 e. The van der Waals surface area contributed by atoms with E-state index < -0.39 is 0 Å². The first-order chi connectivity index (χ1) is 6.67. The molecule has 0 rings (SSSR count). The molecule has 0 saturated carbocycles. The number of amides is 1. The van der Waals surface area contributed by atoms with Crippen LogP contribution in [-0.4, -0.2) is 29.9 Å². The van der Waals surface area contributed by atoms with Crippen LogP contribution in [-0.2, 0) is 4.79 Å². The van der Waals surface area contributed by atoms with Gasteiger partial charge in [-0.15, -0.1) is 0 Å². The maximum atomic E-state index is 11.4. The average Bonchev–Trinajstić information content (AvgIpc) is 2.16. The van der Waals surface area contributed by atoms with Gasteiger partial charge >= 0.3 is 0 Å². The highest BCUT2D eigenvalue weighted by molar-refractivity contribution is 5.88. The molecule has 0 bridgehead atoms. The van der Waals surface area contributed by atoms with E-state index in [2.05, 4.69) is 4.85 Å². The summed E-state index contributed by atoms with van der Waals surface area (Å²) in [5.41, 5.74) is 0. The van der Waals surface area contributed by atoms with Gasteiger partial charge in [-0.3, -0.25) is 4.79 Å². The molecule has 0 aromatic carbocycles. The van der Waals surface area contributed by atoms with Gasteiger partial charge in [-0.05, 0) is 13.8 Å². The van der Waals surface area contributed by atoms with Crippen molar-refractivity contribution in [3.63, 3.8) is 0 Å². The summed E-state index contributed by atoms with van der Waals surface area (Å²) < 4.78 is 0. The molecule has 0 aromatic heterocycles.